The van der Waals surface area contributed by atoms with Crippen molar-refractivity contribution in [3.63, 3.8) is 0 Å². The van der Waals surface area contributed by atoms with Crippen LogP contribution in [-0.2, 0) is 14.1 Å². The van der Waals surface area contributed by atoms with Gasteiger partial charge in [0.05, 0.1) is 14.2 Å². The van der Waals surface area contributed by atoms with Crippen molar-refractivity contribution < 1.29 is 9.47 Å². The minimum atomic E-state index is -0.494. The largest absolute Gasteiger partial charge is 0.493 e. The van der Waals surface area contributed by atoms with E-state index in [0.29, 0.717) is 22.8 Å². The molecule has 0 spiro atoms. The lowest BCUT2D eigenvalue weighted by Crippen LogP contribution is -2.33. The molecule has 130 valence electrons. The number of H-pyrrole nitrogens is 1. The first-order chi connectivity index (χ1) is 12.0. The number of nitrogens with zero attached hydrogens (tertiary/aromatic N) is 3. The smallest absolute Gasteiger partial charge is 0.329 e. The number of hydrogen-bond acceptors (Lipinski definition) is 5. The summed E-state index contributed by atoms with van der Waals surface area (Å²) in [4.78, 5) is 30.9. The molecule has 0 atom stereocenters. The number of fused-ring (bicyclic) bond motifs is 1. The van der Waals surface area contributed by atoms with Crippen molar-refractivity contribution in [1.29, 1.82) is 0 Å². The van der Waals surface area contributed by atoms with Gasteiger partial charge in [0.1, 0.15) is 5.82 Å². The van der Waals surface area contributed by atoms with E-state index in [9.17, 15) is 9.59 Å². The normalized spacial score (nSPS) is 11.4. The van der Waals surface area contributed by atoms with Gasteiger partial charge >= 0.3 is 5.69 Å². The van der Waals surface area contributed by atoms with Crippen LogP contribution in [0.3, 0.4) is 0 Å². The molecule has 0 aliphatic heterocycles. The number of aromatic amines is 1. The Hall–Kier alpha value is -3.29. The molecule has 2 heterocycles. The van der Waals surface area contributed by atoms with Gasteiger partial charge in [0.2, 0.25) is 0 Å². The zero-order chi connectivity index (χ0) is 18.1. The van der Waals surface area contributed by atoms with Crippen molar-refractivity contribution in [2.45, 2.75) is 0 Å². The molecule has 2 aromatic heterocycles. The van der Waals surface area contributed by atoms with Crippen molar-refractivity contribution in [3.05, 3.63) is 50.4 Å². The summed E-state index contributed by atoms with van der Waals surface area (Å²) in [5.41, 5.74) is 0.605. The number of benzene rings is 1. The molecule has 0 unspecified atom stereocenters. The number of aryl methyl sites for hydroxylation is 1. The zero-order valence-corrected chi connectivity index (χ0v) is 14.4. The maximum atomic E-state index is 12.2. The highest BCUT2D eigenvalue weighted by Gasteiger charge is 2.12. The molecular weight excluding hydrogens is 324 g/mol. The van der Waals surface area contributed by atoms with E-state index in [0.717, 1.165) is 10.1 Å². The second-order valence-corrected chi connectivity index (χ2v) is 5.47. The fourth-order valence-electron chi connectivity index (χ4n) is 2.56. The highest BCUT2D eigenvalue weighted by molar-refractivity contribution is 5.76. The molecule has 1 aromatic carbocycles. The molecule has 0 bridgehead atoms. The number of aromatic nitrogens is 4. The van der Waals surface area contributed by atoms with Gasteiger partial charge in [-0.1, -0.05) is 12.1 Å². The van der Waals surface area contributed by atoms with Crippen LogP contribution >= 0.6 is 0 Å². The number of nitrogens with one attached hydrogen (secondary N) is 1. The summed E-state index contributed by atoms with van der Waals surface area (Å²) in [6.45, 7) is 0. The number of imidazole rings is 1. The maximum Gasteiger partial charge on any atom is 0.329 e. The lowest BCUT2D eigenvalue weighted by Gasteiger charge is -2.07. The highest BCUT2D eigenvalue weighted by Crippen LogP contribution is 2.28. The van der Waals surface area contributed by atoms with E-state index in [1.54, 1.807) is 38.0 Å². The number of hydrogen-bond donors (Lipinski definition) is 1. The predicted molar refractivity (Wildman–Crippen MR) is 95.0 cm³/mol. The second kappa shape index (κ2) is 6.31. The van der Waals surface area contributed by atoms with E-state index >= 15 is 0 Å². The van der Waals surface area contributed by atoms with Crippen LogP contribution in [0, 0.1) is 0 Å². The summed E-state index contributed by atoms with van der Waals surface area (Å²) in [7, 11) is 6.30. The van der Waals surface area contributed by atoms with Crippen molar-refractivity contribution >= 4 is 23.3 Å². The summed E-state index contributed by atoms with van der Waals surface area (Å²) in [6, 6.07) is 5.51. The molecule has 0 radical (unpaired) electrons. The molecule has 0 aliphatic rings. The molecule has 8 heteroatoms. The van der Waals surface area contributed by atoms with E-state index in [4.69, 9.17) is 9.47 Å². The van der Waals surface area contributed by atoms with Crippen LogP contribution in [0.1, 0.15) is 11.4 Å². The van der Waals surface area contributed by atoms with Gasteiger partial charge in [-0.05, 0) is 23.8 Å². The fourth-order valence-corrected chi connectivity index (χ4v) is 2.56. The lowest BCUT2D eigenvalue weighted by atomic mass is 10.2. The maximum absolute atomic E-state index is 12.2. The van der Waals surface area contributed by atoms with Gasteiger partial charge in [0.25, 0.3) is 5.56 Å². The SMILES string of the molecule is COc1ccc(/C=C/c2nc3[nH]c(=O)n(C)c(=O)c3n2C)cc1OC. The minimum Gasteiger partial charge on any atom is -0.493 e. The third kappa shape index (κ3) is 2.82. The molecule has 0 saturated carbocycles. The average molecular weight is 342 g/mol. The van der Waals surface area contributed by atoms with E-state index in [1.165, 1.54) is 7.05 Å². The lowest BCUT2D eigenvalue weighted by molar-refractivity contribution is 0.355. The third-order valence-electron chi connectivity index (χ3n) is 4.00. The molecule has 0 fully saturated rings. The fraction of sp³-hybridized carbons (Fsp3) is 0.235. The Morgan fingerprint density at radius 1 is 1.04 bits per heavy atom. The van der Waals surface area contributed by atoms with Crippen LogP contribution in [0.25, 0.3) is 23.3 Å². The van der Waals surface area contributed by atoms with E-state index < -0.39 is 5.69 Å². The Morgan fingerprint density at radius 2 is 1.76 bits per heavy atom. The van der Waals surface area contributed by atoms with E-state index in [-0.39, 0.29) is 11.2 Å². The summed E-state index contributed by atoms with van der Waals surface area (Å²) < 4.78 is 13.2. The molecule has 25 heavy (non-hydrogen) atoms. The predicted octanol–water partition coefficient (Wildman–Crippen LogP) is 1.15. The van der Waals surface area contributed by atoms with E-state index in [1.807, 2.05) is 18.2 Å². The second-order valence-electron chi connectivity index (χ2n) is 5.47. The first-order valence-corrected chi connectivity index (χ1v) is 7.52. The molecule has 3 aromatic rings. The standard InChI is InChI=1S/C17H18N4O4/c1-20-13(18-15-14(20)16(22)21(2)17(23)19-15)8-6-10-5-7-11(24-3)12(9-10)25-4/h5-9H,1-4H3,(H,19,23)/b8-6+. The third-order valence-corrected chi connectivity index (χ3v) is 4.00. The topological polar surface area (TPSA) is 91.1 Å². The summed E-state index contributed by atoms with van der Waals surface area (Å²) in [5, 5.41) is 0. The van der Waals surface area contributed by atoms with Crippen molar-refractivity contribution in [2.24, 2.45) is 14.1 Å². The minimum absolute atomic E-state index is 0.266. The zero-order valence-electron chi connectivity index (χ0n) is 14.4. The molecule has 0 saturated heterocycles. The van der Waals surface area contributed by atoms with Crippen LogP contribution in [0.15, 0.2) is 27.8 Å². The first kappa shape index (κ1) is 16.6. The summed E-state index contributed by atoms with van der Waals surface area (Å²) >= 11 is 0. The van der Waals surface area contributed by atoms with Gasteiger partial charge in [-0.15, -0.1) is 0 Å². The average Bonchev–Trinajstić information content (AvgIpc) is 2.93. The Bertz CT molecular complexity index is 1090. The van der Waals surface area contributed by atoms with E-state index in [2.05, 4.69) is 9.97 Å². The first-order valence-electron chi connectivity index (χ1n) is 7.52. The van der Waals surface area contributed by atoms with Crippen LogP contribution in [0.5, 0.6) is 11.5 Å². The Kier molecular flexibility index (Phi) is 4.18. The summed E-state index contributed by atoms with van der Waals surface area (Å²) in [6.07, 6.45) is 3.60. The molecule has 1 N–H and O–H groups in total. The number of methoxy groups -OCH3 is 2. The molecular formula is C17H18N4O4. The number of rotatable bonds is 4. The van der Waals surface area contributed by atoms with Gasteiger partial charge in [-0.3, -0.25) is 14.3 Å². The van der Waals surface area contributed by atoms with Crippen molar-refractivity contribution in [2.75, 3.05) is 14.2 Å². The van der Waals surface area contributed by atoms with Crippen molar-refractivity contribution in [3.8, 4) is 11.5 Å². The van der Waals surface area contributed by atoms with Crippen LogP contribution < -0.4 is 20.7 Å². The Balaban J connectivity index is 2.05. The quantitative estimate of drug-likeness (QED) is 0.768. The monoisotopic (exact) mass is 342 g/mol. The number of ether oxygens (including phenoxy) is 2. The van der Waals surface area contributed by atoms with Crippen LogP contribution in [-0.4, -0.2) is 33.3 Å². The van der Waals surface area contributed by atoms with Gasteiger partial charge in [0.15, 0.2) is 22.7 Å². The van der Waals surface area contributed by atoms with Crippen LogP contribution in [0.2, 0.25) is 0 Å². The Labute approximate surface area is 143 Å². The van der Waals surface area contributed by atoms with Crippen LogP contribution in [0.4, 0.5) is 0 Å². The van der Waals surface area contributed by atoms with Gasteiger partial charge < -0.3 is 14.0 Å². The molecule has 3 rings (SSSR count). The molecule has 8 nitrogen and oxygen atoms in total. The summed E-state index contributed by atoms with van der Waals surface area (Å²) in [5.74, 6) is 1.81. The van der Waals surface area contributed by atoms with Gasteiger partial charge in [-0.2, -0.15) is 0 Å². The molecule has 0 aliphatic carbocycles. The highest BCUT2D eigenvalue weighted by atomic mass is 16.5. The Morgan fingerprint density at radius 3 is 2.44 bits per heavy atom. The molecule has 0 amide bonds. The van der Waals surface area contributed by atoms with Gasteiger partial charge in [0, 0.05) is 14.1 Å². The van der Waals surface area contributed by atoms with Crippen molar-refractivity contribution in [1.82, 2.24) is 19.1 Å². The van der Waals surface area contributed by atoms with Gasteiger partial charge in [-0.25, -0.2) is 9.78 Å².